The third-order valence-electron chi connectivity index (χ3n) is 6.27. The van der Waals surface area contributed by atoms with Crippen molar-refractivity contribution in [2.45, 2.75) is 71.5 Å². The fraction of sp³-hybridized carbons (Fsp3) is 0.480. The molecule has 0 amide bonds. The second-order valence-corrected chi connectivity index (χ2v) is 10.3. The van der Waals surface area contributed by atoms with Crippen molar-refractivity contribution in [2.24, 2.45) is 0 Å². The second kappa shape index (κ2) is 7.45. The van der Waals surface area contributed by atoms with E-state index in [2.05, 4.69) is 60.1 Å². The molecule has 0 saturated carbocycles. The Morgan fingerprint density at radius 2 is 1.68 bits per heavy atom. The van der Waals surface area contributed by atoms with E-state index in [0.717, 1.165) is 40.8 Å². The van der Waals surface area contributed by atoms with Crippen LogP contribution in [0.1, 0.15) is 51.9 Å². The van der Waals surface area contributed by atoms with Crippen LogP contribution in [0.4, 0.5) is 5.82 Å². The maximum atomic E-state index is 10.6. The SMILES string of the molecule is Cc1cc2cc(-c3ccc(N(C)C4CC(C)(C)NC(C)(C)C4)nn3)c(O)cc2c(C)n1. The van der Waals surface area contributed by atoms with E-state index in [1.807, 2.05) is 38.1 Å². The molecule has 1 aromatic carbocycles. The van der Waals surface area contributed by atoms with E-state index in [4.69, 9.17) is 0 Å². The Hall–Kier alpha value is -2.73. The summed E-state index contributed by atoms with van der Waals surface area (Å²) >= 11 is 0. The third kappa shape index (κ3) is 4.35. The summed E-state index contributed by atoms with van der Waals surface area (Å²) in [4.78, 5) is 6.73. The number of piperidine rings is 1. The van der Waals surface area contributed by atoms with Gasteiger partial charge in [0.05, 0.1) is 5.69 Å². The van der Waals surface area contributed by atoms with Crippen LogP contribution in [0.5, 0.6) is 5.75 Å². The molecule has 6 heteroatoms. The molecule has 3 heterocycles. The Labute approximate surface area is 184 Å². The van der Waals surface area contributed by atoms with Gasteiger partial charge in [0.1, 0.15) is 5.75 Å². The van der Waals surface area contributed by atoms with Crippen LogP contribution in [0.15, 0.2) is 30.3 Å². The van der Waals surface area contributed by atoms with Crippen LogP contribution < -0.4 is 10.2 Å². The van der Waals surface area contributed by atoms with E-state index in [-0.39, 0.29) is 16.8 Å². The minimum Gasteiger partial charge on any atom is -0.507 e. The number of pyridine rings is 1. The van der Waals surface area contributed by atoms with Crippen LogP contribution in [0.3, 0.4) is 0 Å². The van der Waals surface area contributed by atoms with Crippen molar-refractivity contribution in [3.63, 3.8) is 0 Å². The number of aryl methyl sites for hydroxylation is 2. The fourth-order valence-electron chi connectivity index (χ4n) is 5.21. The van der Waals surface area contributed by atoms with Crippen molar-refractivity contribution < 1.29 is 5.11 Å². The predicted molar refractivity (Wildman–Crippen MR) is 127 cm³/mol. The van der Waals surface area contributed by atoms with Gasteiger partial charge in [-0.05, 0) is 90.1 Å². The topological polar surface area (TPSA) is 74.2 Å². The highest BCUT2D eigenvalue weighted by Crippen LogP contribution is 2.35. The van der Waals surface area contributed by atoms with E-state index in [1.54, 1.807) is 6.07 Å². The summed E-state index contributed by atoms with van der Waals surface area (Å²) in [6, 6.07) is 10.1. The number of phenolic OH excluding ortho intramolecular Hbond substituents is 1. The molecular formula is C25H33N5O. The Bertz CT molecular complexity index is 1100. The largest absolute Gasteiger partial charge is 0.507 e. The first kappa shape index (κ1) is 21.5. The standard InChI is InChI=1S/C25H33N5O/c1-15-10-17-11-20(22(31)12-19(17)16(2)26-15)21-8-9-23(28-27-21)30(7)18-13-24(3,4)29-25(5,6)14-18/h8-12,18,29,31H,13-14H2,1-7H3. The molecule has 0 unspecified atom stereocenters. The van der Waals surface area contributed by atoms with Gasteiger partial charge in [0.15, 0.2) is 5.82 Å². The van der Waals surface area contributed by atoms with Gasteiger partial charge in [0.2, 0.25) is 0 Å². The van der Waals surface area contributed by atoms with Crippen molar-refractivity contribution in [1.82, 2.24) is 20.5 Å². The number of fused-ring (bicyclic) bond motifs is 1. The van der Waals surface area contributed by atoms with Gasteiger partial charge >= 0.3 is 0 Å². The number of phenols is 1. The lowest BCUT2D eigenvalue weighted by atomic mass is 9.79. The van der Waals surface area contributed by atoms with Crippen molar-refractivity contribution in [1.29, 1.82) is 0 Å². The normalized spacial score (nSPS) is 18.3. The highest BCUT2D eigenvalue weighted by Gasteiger charge is 2.39. The molecule has 2 aromatic heterocycles. The molecule has 2 N–H and O–H groups in total. The summed E-state index contributed by atoms with van der Waals surface area (Å²) in [7, 11) is 2.10. The highest BCUT2D eigenvalue weighted by molar-refractivity contribution is 5.91. The molecule has 1 saturated heterocycles. The van der Waals surface area contributed by atoms with Crippen LogP contribution in [-0.4, -0.2) is 44.5 Å². The van der Waals surface area contributed by atoms with Gasteiger partial charge in [-0.15, -0.1) is 10.2 Å². The summed E-state index contributed by atoms with van der Waals surface area (Å²) in [6.07, 6.45) is 2.07. The summed E-state index contributed by atoms with van der Waals surface area (Å²) in [5.74, 6) is 1.04. The molecule has 1 aliphatic heterocycles. The minimum atomic E-state index is 0.0655. The first-order valence-corrected chi connectivity index (χ1v) is 10.9. The first-order valence-electron chi connectivity index (χ1n) is 10.9. The zero-order chi connectivity index (χ0) is 22.6. The average Bonchev–Trinajstić information content (AvgIpc) is 2.65. The lowest BCUT2D eigenvalue weighted by Gasteiger charge is -2.49. The van der Waals surface area contributed by atoms with Gasteiger partial charge in [-0.25, -0.2) is 0 Å². The van der Waals surface area contributed by atoms with Crippen molar-refractivity contribution >= 4 is 16.6 Å². The molecule has 0 bridgehead atoms. The molecule has 1 aliphatic rings. The Kier molecular flexibility index (Phi) is 5.16. The van der Waals surface area contributed by atoms with Gasteiger partial charge in [-0.2, -0.15) is 0 Å². The second-order valence-electron chi connectivity index (χ2n) is 10.3. The molecule has 0 radical (unpaired) electrons. The van der Waals surface area contributed by atoms with Crippen molar-refractivity contribution in [2.75, 3.05) is 11.9 Å². The van der Waals surface area contributed by atoms with Gasteiger partial charge < -0.3 is 15.3 Å². The number of aromatic nitrogens is 3. The van der Waals surface area contributed by atoms with Crippen LogP contribution in [-0.2, 0) is 0 Å². The molecule has 1 fully saturated rings. The molecule has 164 valence electrons. The van der Waals surface area contributed by atoms with E-state index < -0.39 is 0 Å². The third-order valence-corrected chi connectivity index (χ3v) is 6.27. The Balaban J connectivity index is 1.63. The van der Waals surface area contributed by atoms with E-state index in [0.29, 0.717) is 17.3 Å². The zero-order valence-corrected chi connectivity index (χ0v) is 19.6. The molecule has 31 heavy (non-hydrogen) atoms. The number of nitrogens with zero attached hydrogens (tertiary/aromatic N) is 4. The lowest BCUT2D eigenvalue weighted by Crippen LogP contribution is -2.62. The van der Waals surface area contributed by atoms with Crippen LogP contribution >= 0.6 is 0 Å². The van der Waals surface area contributed by atoms with E-state index >= 15 is 0 Å². The number of rotatable bonds is 3. The average molecular weight is 420 g/mol. The molecule has 0 atom stereocenters. The van der Waals surface area contributed by atoms with Gasteiger partial charge in [-0.1, -0.05) is 0 Å². The van der Waals surface area contributed by atoms with Gasteiger partial charge in [-0.3, -0.25) is 4.98 Å². The number of hydrogen-bond acceptors (Lipinski definition) is 6. The summed E-state index contributed by atoms with van der Waals surface area (Å²) < 4.78 is 0. The lowest BCUT2D eigenvalue weighted by molar-refractivity contribution is 0.160. The zero-order valence-electron chi connectivity index (χ0n) is 19.6. The predicted octanol–water partition coefficient (Wildman–Crippen LogP) is 4.76. The molecule has 0 spiro atoms. The number of hydrogen-bond donors (Lipinski definition) is 2. The Morgan fingerprint density at radius 3 is 2.29 bits per heavy atom. The smallest absolute Gasteiger partial charge is 0.151 e. The quantitative estimate of drug-likeness (QED) is 0.638. The summed E-state index contributed by atoms with van der Waals surface area (Å²) in [5.41, 5.74) is 3.34. The number of aromatic hydroxyl groups is 1. The molecule has 3 aromatic rings. The van der Waals surface area contributed by atoms with Crippen LogP contribution in [0.2, 0.25) is 0 Å². The fourth-order valence-corrected chi connectivity index (χ4v) is 5.21. The van der Waals surface area contributed by atoms with Gasteiger partial charge in [0.25, 0.3) is 0 Å². The summed E-state index contributed by atoms with van der Waals surface area (Å²) in [6.45, 7) is 13.0. The van der Waals surface area contributed by atoms with Crippen molar-refractivity contribution in [3.8, 4) is 17.0 Å². The minimum absolute atomic E-state index is 0.0655. The first-order chi connectivity index (χ1) is 14.4. The maximum absolute atomic E-state index is 10.6. The molecule has 4 rings (SSSR count). The monoisotopic (exact) mass is 419 g/mol. The summed E-state index contributed by atoms with van der Waals surface area (Å²) in [5, 5.41) is 25.3. The molecule has 0 aliphatic carbocycles. The van der Waals surface area contributed by atoms with Gasteiger partial charge in [0, 0.05) is 46.5 Å². The number of nitrogens with one attached hydrogen (secondary N) is 1. The highest BCUT2D eigenvalue weighted by atomic mass is 16.3. The molecular weight excluding hydrogens is 386 g/mol. The maximum Gasteiger partial charge on any atom is 0.151 e. The van der Waals surface area contributed by atoms with Crippen LogP contribution in [0.25, 0.3) is 22.0 Å². The van der Waals surface area contributed by atoms with Crippen molar-refractivity contribution in [3.05, 3.63) is 41.7 Å². The van der Waals surface area contributed by atoms with Crippen LogP contribution in [0, 0.1) is 13.8 Å². The Morgan fingerprint density at radius 1 is 1.00 bits per heavy atom. The molecule has 6 nitrogen and oxygen atoms in total. The van der Waals surface area contributed by atoms with E-state index in [9.17, 15) is 5.11 Å². The number of benzene rings is 1. The number of anilines is 1. The van der Waals surface area contributed by atoms with E-state index in [1.165, 1.54) is 0 Å².